The van der Waals surface area contributed by atoms with Crippen LogP contribution in [0.2, 0.25) is 0 Å². The highest BCUT2D eigenvalue weighted by molar-refractivity contribution is 5.88. The Morgan fingerprint density at radius 1 is 1.56 bits per heavy atom. The monoisotopic (exact) mass is 126 g/mol. The number of ketones is 1. The summed E-state index contributed by atoms with van der Waals surface area (Å²) in [6.07, 6.45) is 1.14. The third-order valence-corrected chi connectivity index (χ3v) is 0.777. The minimum atomic E-state index is -0.171. The van der Waals surface area contributed by atoms with Crippen LogP contribution in [-0.2, 0) is 4.79 Å². The van der Waals surface area contributed by atoms with E-state index in [0.29, 0.717) is 5.57 Å². The van der Waals surface area contributed by atoms with Crippen molar-refractivity contribution < 1.29 is 9.90 Å². The van der Waals surface area contributed by atoms with Crippen molar-refractivity contribution in [3.05, 3.63) is 24.0 Å². The van der Waals surface area contributed by atoms with Crippen LogP contribution in [0.4, 0.5) is 0 Å². The van der Waals surface area contributed by atoms with Gasteiger partial charge in [-0.3, -0.25) is 4.79 Å². The first-order valence-electron chi connectivity index (χ1n) is 2.61. The molecule has 0 aliphatic rings. The van der Waals surface area contributed by atoms with Gasteiger partial charge in [0.2, 0.25) is 0 Å². The van der Waals surface area contributed by atoms with E-state index in [1.54, 1.807) is 6.92 Å². The Bertz CT molecular complexity index is 166. The second kappa shape index (κ2) is 3.07. The van der Waals surface area contributed by atoms with Crippen molar-refractivity contribution in [3.8, 4) is 0 Å². The number of aliphatic hydroxyl groups is 1. The number of hydrogen-bond acceptors (Lipinski definition) is 2. The molecule has 9 heavy (non-hydrogen) atoms. The lowest BCUT2D eigenvalue weighted by atomic mass is 10.2. The van der Waals surface area contributed by atoms with Crippen molar-refractivity contribution in [1.29, 1.82) is 0 Å². The number of carbonyl (C=O) groups excluding carboxylic acids is 1. The molecule has 50 valence electrons. The maximum atomic E-state index is 10.3. The van der Waals surface area contributed by atoms with Gasteiger partial charge in [-0.05, 0) is 19.4 Å². The van der Waals surface area contributed by atoms with Crippen LogP contribution in [-0.4, -0.2) is 10.9 Å². The lowest BCUT2D eigenvalue weighted by Crippen LogP contribution is -1.87. The second-order valence-corrected chi connectivity index (χ2v) is 1.92. The minimum Gasteiger partial charge on any atom is -0.508 e. The molecule has 0 spiro atoms. The number of hydrogen-bond donors (Lipinski definition) is 1. The predicted molar refractivity (Wildman–Crippen MR) is 36.2 cm³/mol. The number of rotatable bonds is 2. The predicted octanol–water partition coefficient (Wildman–Crippen LogP) is 1.59. The lowest BCUT2D eigenvalue weighted by Gasteiger charge is -1.92. The summed E-state index contributed by atoms with van der Waals surface area (Å²) in [5.41, 5.74) is 0.505. The fourth-order valence-corrected chi connectivity index (χ4v) is 0.316. The Morgan fingerprint density at radius 3 is 2.11 bits per heavy atom. The Balaban J connectivity index is 4.17. The summed E-state index contributed by atoms with van der Waals surface area (Å²) >= 11 is 0. The van der Waals surface area contributed by atoms with Crippen LogP contribution in [0.5, 0.6) is 0 Å². The van der Waals surface area contributed by atoms with Gasteiger partial charge in [-0.2, -0.15) is 0 Å². The van der Waals surface area contributed by atoms with Crippen LogP contribution in [0.1, 0.15) is 13.8 Å². The standard InChI is InChI=1S/C7H10O2/c1-5(2)7(9)4-6(3)8/h4,9H,1H2,2-3H3/b7-4-. The van der Waals surface area contributed by atoms with Crippen molar-refractivity contribution in [2.24, 2.45) is 0 Å². The van der Waals surface area contributed by atoms with Crippen molar-refractivity contribution in [2.75, 3.05) is 0 Å². The van der Waals surface area contributed by atoms with Crippen LogP contribution < -0.4 is 0 Å². The summed E-state index contributed by atoms with van der Waals surface area (Å²) < 4.78 is 0. The molecule has 0 amide bonds. The van der Waals surface area contributed by atoms with Crippen LogP contribution in [0.25, 0.3) is 0 Å². The lowest BCUT2D eigenvalue weighted by molar-refractivity contribution is -0.112. The van der Waals surface area contributed by atoms with E-state index in [1.165, 1.54) is 6.92 Å². The van der Waals surface area contributed by atoms with Gasteiger partial charge >= 0.3 is 0 Å². The molecule has 0 aliphatic carbocycles. The third kappa shape index (κ3) is 3.53. The molecule has 0 fully saturated rings. The number of carbonyl (C=O) groups is 1. The topological polar surface area (TPSA) is 37.3 Å². The summed E-state index contributed by atoms with van der Waals surface area (Å²) in [5, 5.41) is 8.84. The molecule has 0 aromatic carbocycles. The highest BCUT2D eigenvalue weighted by Crippen LogP contribution is 2.00. The SMILES string of the molecule is C=C(C)/C(O)=C/C(C)=O. The molecule has 0 radical (unpaired) electrons. The molecule has 2 nitrogen and oxygen atoms in total. The summed E-state index contributed by atoms with van der Waals surface area (Å²) in [6.45, 7) is 6.45. The van der Waals surface area contributed by atoms with E-state index in [9.17, 15) is 4.79 Å². The van der Waals surface area contributed by atoms with E-state index < -0.39 is 0 Å². The molecule has 0 saturated heterocycles. The van der Waals surface area contributed by atoms with Gasteiger partial charge in [0.1, 0.15) is 5.76 Å². The van der Waals surface area contributed by atoms with E-state index in [2.05, 4.69) is 6.58 Å². The maximum Gasteiger partial charge on any atom is 0.156 e. The Hall–Kier alpha value is -1.05. The van der Waals surface area contributed by atoms with Gasteiger partial charge in [-0.25, -0.2) is 0 Å². The van der Waals surface area contributed by atoms with Crippen molar-refractivity contribution in [3.63, 3.8) is 0 Å². The fourth-order valence-electron chi connectivity index (χ4n) is 0.316. The van der Waals surface area contributed by atoms with Crippen molar-refractivity contribution >= 4 is 5.78 Å². The summed E-state index contributed by atoms with van der Waals surface area (Å²) in [7, 11) is 0. The first kappa shape index (κ1) is 7.95. The van der Waals surface area contributed by atoms with Crippen LogP contribution in [0.15, 0.2) is 24.0 Å². The first-order chi connectivity index (χ1) is 4.04. The molecule has 0 aromatic rings. The fraction of sp³-hybridized carbons (Fsp3) is 0.286. The number of allylic oxidation sites excluding steroid dienone is 2. The van der Waals surface area contributed by atoms with E-state index in [-0.39, 0.29) is 11.5 Å². The average Bonchev–Trinajstić information content (AvgIpc) is 1.63. The maximum absolute atomic E-state index is 10.3. The smallest absolute Gasteiger partial charge is 0.156 e. The molecular formula is C7H10O2. The zero-order chi connectivity index (χ0) is 7.44. The molecule has 0 bridgehead atoms. The molecule has 0 unspecified atom stereocenters. The Morgan fingerprint density at radius 2 is 2.00 bits per heavy atom. The van der Waals surface area contributed by atoms with E-state index in [1.807, 2.05) is 0 Å². The van der Waals surface area contributed by atoms with Gasteiger partial charge in [0.25, 0.3) is 0 Å². The van der Waals surface area contributed by atoms with Crippen molar-refractivity contribution in [2.45, 2.75) is 13.8 Å². The van der Waals surface area contributed by atoms with Gasteiger partial charge < -0.3 is 5.11 Å². The molecule has 0 aromatic heterocycles. The van der Waals surface area contributed by atoms with Crippen LogP contribution in [0, 0.1) is 0 Å². The molecule has 0 saturated carbocycles. The largest absolute Gasteiger partial charge is 0.508 e. The van der Waals surface area contributed by atoms with Crippen molar-refractivity contribution in [1.82, 2.24) is 0 Å². The van der Waals surface area contributed by atoms with Gasteiger partial charge in [0.15, 0.2) is 5.78 Å². The molecule has 0 aliphatic heterocycles. The van der Waals surface area contributed by atoms with E-state index >= 15 is 0 Å². The van der Waals surface area contributed by atoms with Gasteiger partial charge in [0.05, 0.1) is 0 Å². The van der Waals surface area contributed by atoms with Crippen LogP contribution in [0.3, 0.4) is 0 Å². The molecule has 1 N–H and O–H groups in total. The summed E-state index contributed by atoms with van der Waals surface area (Å²) in [4.78, 5) is 10.3. The van der Waals surface area contributed by atoms with E-state index in [0.717, 1.165) is 6.08 Å². The zero-order valence-electron chi connectivity index (χ0n) is 5.64. The normalized spacial score (nSPS) is 11.1. The molecule has 2 heteroatoms. The first-order valence-corrected chi connectivity index (χ1v) is 2.61. The van der Waals surface area contributed by atoms with Gasteiger partial charge in [-0.15, -0.1) is 0 Å². The third-order valence-electron chi connectivity index (χ3n) is 0.777. The Labute approximate surface area is 54.5 Å². The van der Waals surface area contributed by atoms with Gasteiger partial charge in [-0.1, -0.05) is 6.58 Å². The average molecular weight is 126 g/mol. The van der Waals surface area contributed by atoms with E-state index in [4.69, 9.17) is 5.11 Å². The Kier molecular flexibility index (Phi) is 2.71. The number of aliphatic hydroxyl groups excluding tert-OH is 1. The minimum absolute atomic E-state index is 0.0394. The highest BCUT2D eigenvalue weighted by Gasteiger charge is 1.93. The van der Waals surface area contributed by atoms with Crippen LogP contribution >= 0.6 is 0 Å². The zero-order valence-corrected chi connectivity index (χ0v) is 5.64. The second-order valence-electron chi connectivity index (χ2n) is 1.92. The van der Waals surface area contributed by atoms with Gasteiger partial charge in [0, 0.05) is 6.08 Å². The highest BCUT2D eigenvalue weighted by atomic mass is 16.3. The molecule has 0 rings (SSSR count). The molecule has 0 heterocycles. The summed E-state index contributed by atoms with van der Waals surface area (Å²) in [5.74, 6) is -0.210. The summed E-state index contributed by atoms with van der Waals surface area (Å²) in [6, 6.07) is 0. The molecule has 0 atom stereocenters. The molecular weight excluding hydrogens is 116 g/mol. The quantitative estimate of drug-likeness (QED) is 0.346.